The van der Waals surface area contributed by atoms with E-state index in [1.54, 1.807) is 30.0 Å². The second kappa shape index (κ2) is 7.60. The van der Waals surface area contributed by atoms with Crippen molar-refractivity contribution in [2.24, 2.45) is 0 Å². The maximum atomic E-state index is 12.7. The van der Waals surface area contributed by atoms with E-state index in [9.17, 15) is 9.59 Å². The van der Waals surface area contributed by atoms with Gasteiger partial charge in [-0.25, -0.2) is 4.98 Å². The summed E-state index contributed by atoms with van der Waals surface area (Å²) in [6, 6.07) is 5.37. The van der Waals surface area contributed by atoms with E-state index in [0.29, 0.717) is 37.9 Å². The number of carbonyl (C=O) groups is 1. The number of aryl methyl sites for hydroxylation is 3. The number of hydrogen-bond acceptors (Lipinski definition) is 4. The molecule has 0 radical (unpaired) electrons. The number of aromatic nitrogens is 2. The lowest BCUT2D eigenvalue weighted by atomic mass is 10.2. The van der Waals surface area contributed by atoms with Crippen molar-refractivity contribution in [2.75, 3.05) is 5.32 Å². The fourth-order valence-electron chi connectivity index (χ4n) is 2.72. The van der Waals surface area contributed by atoms with Crippen LogP contribution in [0.1, 0.15) is 40.6 Å². The van der Waals surface area contributed by atoms with Crippen molar-refractivity contribution in [1.82, 2.24) is 9.55 Å². The molecule has 0 bridgehead atoms. The van der Waals surface area contributed by atoms with Crippen molar-refractivity contribution >= 4 is 44.7 Å². The number of amides is 1. The average molecular weight is 390 g/mol. The first-order chi connectivity index (χ1) is 12.4. The van der Waals surface area contributed by atoms with Crippen LogP contribution < -0.4 is 10.9 Å². The van der Waals surface area contributed by atoms with Crippen LogP contribution in [0.4, 0.5) is 5.69 Å². The van der Waals surface area contributed by atoms with Crippen LogP contribution in [-0.4, -0.2) is 15.5 Å². The van der Waals surface area contributed by atoms with Crippen LogP contribution in [0.5, 0.6) is 0 Å². The van der Waals surface area contributed by atoms with Gasteiger partial charge in [0, 0.05) is 17.3 Å². The van der Waals surface area contributed by atoms with E-state index < -0.39 is 0 Å². The zero-order valence-corrected chi connectivity index (χ0v) is 16.5. The quantitative estimate of drug-likeness (QED) is 0.682. The first-order valence-corrected chi connectivity index (χ1v) is 9.67. The minimum atomic E-state index is -0.259. The molecule has 3 rings (SSSR count). The molecule has 5 nitrogen and oxygen atoms in total. The molecule has 0 aliphatic heterocycles. The highest BCUT2D eigenvalue weighted by Gasteiger charge is 2.19. The van der Waals surface area contributed by atoms with Crippen LogP contribution in [0.2, 0.25) is 5.02 Å². The van der Waals surface area contributed by atoms with Crippen molar-refractivity contribution in [3.63, 3.8) is 0 Å². The molecule has 26 heavy (non-hydrogen) atoms. The SMILES string of the molecule is CCCCn1cnc2sc(C(=O)Nc3ccc(C)c(Cl)c3)c(C)c2c1=O. The normalized spacial score (nSPS) is 11.1. The summed E-state index contributed by atoms with van der Waals surface area (Å²) in [5.41, 5.74) is 2.15. The molecule has 1 amide bonds. The number of thiophene rings is 1. The molecule has 0 unspecified atom stereocenters. The van der Waals surface area contributed by atoms with Crippen molar-refractivity contribution in [2.45, 2.75) is 40.2 Å². The fraction of sp³-hybridized carbons (Fsp3) is 0.316. The van der Waals surface area contributed by atoms with Gasteiger partial charge in [0.25, 0.3) is 11.5 Å². The molecule has 3 aromatic rings. The van der Waals surface area contributed by atoms with Crippen LogP contribution in [-0.2, 0) is 6.54 Å². The molecule has 0 aliphatic carbocycles. The highest BCUT2D eigenvalue weighted by atomic mass is 35.5. The summed E-state index contributed by atoms with van der Waals surface area (Å²) in [5, 5.41) is 3.97. The van der Waals surface area contributed by atoms with Gasteiger partial charge >= 0.3 is 0 Å². The third kappa shape index (κ3) is 3.52. The molecule has 136 valence electrons. The molecule has 0 saturated heterocycles. The molecule has 0 spiro atoms. The first kappa shape index (κ1) is 18.6. The molecule has 0 atom stereocenters. The Morgan fingerprint density at radius 2 is 2.12 bits per heavy atom. The van der Waals surface area contributed by atoms with Gasteiger partial charge in [-0.3, -0.25) is 14.2 Å². The molecule has 0 saturated carbocycles. The second-order valence-electron chi connectivity index (χ2n) is 6.25. The molecule has 1 N–H and O–H groups in total. The average Bonchev–Trinajstić information content (AvgIpc) is 2.95. The second-order valence-corrected chi connectivity index (χ2v) is 7.66. The number of halogens is 1. The Labute approximate surface area is 160 Å². The topological polar surface area (TPSA) is 64.0 Å². The summed E-state index contributed by atoms with van der Waals surface area (Å²) >= 11 is 7.35. The van der Waals surface area contributed by atoms with Crippen molar-refractivity contribution in [1.29, 1.82) is 0 Å². The van der Waals surface area contributed by atoms with Gasteiger partial charge in [-0.1, -0.05) is 31.0 Å². The number of anilines is 1. The standard InChI is InChI=1S/C19H20ClN3O2S/c1-4-5-8-23-10-21-18-15(19(23)25)12(3)16(26-18)17(24)22-13-7-6-11(2)14(20)9-13/h6-7,9-10H,4-5,8H2,1-3H3,(H,22,24). The van der Waals surface area contributed by atoms with E-state index in [-0.39, 0.29) is 11.5 Å². The minimum Gasteiger partial charge on any atom is -0.321 e. The van der Waals surface area contributed by atoms with Gasteiger partial charge in [0.05, 0.1) is 16.6 Å². The van der Waals surface area contributed by atoms with Gasteiger partial charge in [-0.15, -0.1) is 11.3 Å². The summed E-state index contributed by atoms with van der Waals surface area (Å²) < 4.78 is 1.62. The zero-order valence-electron chi connectivity index (χ0n) is 14.9. The van der Waals surface area contributed by atoms with Crippen LogP contribution in [0.3, 0.4) is 0 Å². The van der Waals surface area contributed by atoms with E-state index in [4.69, 9.17) is 11.6 Å². The molecule has 1 aromatic carbocycles. The zero-order chi connectivity index (χ0) is 18.8. The maximum absolute atomic E-state index is 12.7. The third-order valence-electron chi connectivity index (χ3n) is 4.31. The predicted octanol–water partition coefficient (Wildman–Crippen LogP) is 4.78. The van der Waals surface area contributed by atoms with Crippen molar-refractivity contribution in [3.05, 3.63) is 55.9 Å². The van der Waals surface area contributed by atoms with Gasteiger partial charge in [-0.2, -0.15) is 0 Å². The lowest BCUT2D eigenvalue weighted by molar-refractivity contribution is 0.103. The van der Waals surface area contributed by atoms with Crippen molar-refractivity contribution < 1.29 is 4.79 Å². The minimum absolute atomic E-state index is 0.0883. The van der Waals surface area contributed by atoms with Crippen LogP contribution >= 0.6 is 22.9 Å². The summed E-state index contributed by atoms with van der Waals surface area (Å²) in [7, 11) is 0. The van der Waals surface area contributed by atoms with E-state index in [0.717, 1.165) is 18.4 Å². The molecular weight excluding hydrogens is 370 g/mol. The summed E-state index contributed by atoms with van der Waals surface area (Å²) in [5.74, 6) is -0.259. The highest BCUT2D eigenvalue weighted by molar-refractivity contribution is 7.20. The van der Waals surface area contributed by atoms with Crippen molar-refractivity contribution in [3.8, 4) is 0 Å². The maximum Gasteiger partial charge on any atom is 0.266 e. The third-order valence-corrected chi connectivity index (χ3v) is 5.91. The molecular formula is C19H20ClN3O2S. The number of unbranched alkanes of at least 4 members (excludes halogenated alkanes) is 1. The molecule has 2 aromatic heterocycles. The Morgan fingerprint density at radius 3 is 2.81 bits per heavy atom. The van der Waals surface area contributed by atoms with Crippen LogP contribution in [0.15, 0.2) is 29.3 Å². The van der Waals surface area contributed by atoms with Crippen LogP contribution in [0, 0.1) is 13.8 Å². The number of nitrogens with one attached hydrogen (secondary N) is 1. The van der Waals surface area contributed by atoms with E-state index in [1.165, 1.54) is 11.3 Å². The van der Waals surface area contributed by atoms with Gasteiger partial charge in [0.15, 0.2) is 0 Å². The number of hydrogen-bond donors (Lipinski definition) is 1. The fourth-order valence-corrected chi connectivity index (χ4v) is 3.94. The lowest BCUT2D eigenvalue weighted by Crippen LogP contribution is -2.20. The van der Waals surface area contributed by atoms with Gasteiger partial charge in [0.2, 0.25) is 0 Å². The molecule has 0 fully saturated rings. The summed E-state index contributed by atoms with van der Waals surface area (Å²) in [4.78, 5) is 30.9. The molecule has 2 heterocycles. The highest BCUT2D eigenvalue weighted by Crippen LogP contribution is 2.28. The Kier molecular flexibility index (Phi) is 5.44. The number of rotatable bonds is 5. The number of nitrogens with zero attached hydrogens (tertiary/aromatic N) is 2. The van der Waals surface area contributed by atoms with Gasteiger partial charge < -0.3 is 5.32 Å². The Bertz CT molecular complexity index is 1040. The lowest BCUT2D eigenvalue weighted by Gasteiger charge is -2.06. The number of fused-ring (bicyclic) bond motifs is 1. The Hall–Kier alpha value is -2.18. The van der Waals surface area contributed by atoms with Gasteiger partial charge in [0.1, 0.15) is 4.83 Å². The first-order valence-electron chi connectivity index (χ1n) is 8.48. The van der Waals surface area contributed by atoms with E-state index in [2.05, 4.69) is 17.2 Å². The molecule has 7 heteroatoms. The van der Waals surface area contributed by atoms with E-state index in [1.807, 2.05) is 13.0 Å². The number of benzene rings is 1. The summed E-state index contributed by atoms with van der Waals surface area (Å²) in [6.45, 7) is 6.41. The predicted molar refractivity (Wildman–Crippen MR) is 108 cm³/mol. The Balaban J connectivity index is 1.95. The van der Waals surface area contributed by atoms with E-state index >= 15 is 0 Å². The monoisotopic (exact) mass is 389 g/mol. The Morgan fingerprint density at radius 1 is 1.35 bits per heavy atom. The van der Waals surface area contributed by atoms with Gasteiger partial charge in [-0.05, 0) is 43.5 Å². The van der Waals surface area contributed by atoms with Crippen LogP contribution in [0.25, 0.3) is 10.2 Å². The smallest absolute Gasteiger partial charge is 0.266 e. The largest absolute Gasteiger partial charge is 0.321 e. The molecule has 0 aliphatic rings. The number of carbonyl (C=O) groups excluding carboxylic acids is 1. The summed E-state index contributed by atoms with van der Waals surface area (Å²) in [6.07, 6.45) is 3.48.